The molecule has 0 aliphatic heterocycles. The minimum atomic E-state index is -0.244. The van der Waals surface area contributed by atoms with Crippen LogP contribution < -0.4 is 0 Å². The molecule has 4 heteroatoms. The molecule has 0 amide bonds. The number of esters is 1. The van der Waals surface area contributed by atoms with Crippen LogP contribution >= 0.6 is 11.8 Å². The zero-order valence-electron chi connectivity index (χ0n) is 13.2. The van der Waals surface area contributed by atoms with Gasteiger partial charge in [-0.25, -0.2) is 0 Å². The molecule has 1 aromatic carbocycles. The summed E-state index contributed by atoms with van der Waals surface area (Å²) in [5.74, 6) is 0.790. The molecule has 1 rings (SSSR count). The maximum absolute atomic E-state index is 11.4. The second kappa shape index (κ2) is 9.85. The number of ether oxygens (including phenoxy) is 1. The van der Waals surface area contributed by atoms with Crippen molar-refractivity contribution in [2.45, 2.75) is 57.5 Å². The summed E-state index contributed by atoms with van der Waals surface area (Å²) in [6, 6.07) is 6.42. The van der Waals surface area contributed by atoms with Gasteiger partial charge in [-0.05, 0) is 56.4 Å². The number of carbonyl (C=O) groups excluding carboxylic acids is 1. The quantitative estimate of drug-likeness (QED) is 0.559. The van der Waals surface area contributed by atoms with E-state index in [1.165, 1.54) is 16.0 Å². The van der Waals surface area contributed by atoms with Crippen LogP contribution in [-0.2, 0) is 22.4 Å². The molecule has 1 unspecified atom stereocenters. The van der Waals surface area contributed by atoms with E-state index in [1.807, 2.05) is 13.8 Å². The van der Waals surface area contributed by atoms with Crippen molar-refractivity contribution in [3.63, 3.8) is 0 Å². The lowest BCUT2D eigenvalue weighted by molar-refractivity contribution is -0.143. The maximum atomic E-state index is 11.4. The van der Waals surface area contributed by atoms with Gasteiger partial charge >= 0.3 is 5.97 Å². The van der Waals surface area contributed by atoms with Gasteiger partial charge in [0.2, 0.25) is 0 Å². The van der Waals surface area contributed by atoms with E-state index in [2.05, 4.69) is 25.1 Å². The van der Waals surface area contributed by atoms with Crippen LogP contribution in [0.2, 0.25) is 0 Å². The fraction of sp³-hybridized carbons (Fsp3) is 0.588. The SMILES string of the molecule is CCOC(=O)CCc1ccc(SCCC(C)O)cc1CC. The summed E-state index contributed by atoms with van der Waals surface area (Å²) < 4.78 is 4.97. The van der Waals surface area contributed by atoms with E-state index in [0.29, 0.717) is 13.0 Å². The van der Waals surface area contributed by atoms with Crippen molar-refractivity contribution in [1.29, 1.82) is 0 Å². The molecule has 1 N–H and O–H groups in total. The number of aliphatic hydroxyl groups is 1. The molecule has 1 aromatic rings. The van der Waals surface area contributed by atoms with Crippen LogP contribution in [0.15, 0.2) is 23.1 Å². The van der Waals surface area contributed by atoms with Crippen molar-refractivity contribution in [2.75, 3.05) is 12.4 Å². The van der Waals surface area contributed by atoms with E-state index < -0.39 is 0 Å². The van der Waals surface area contributed by atoms with E-state index in [0.717, 1.165) is 25.0 Å². The number of carbonyl (C=O) groups is 1. The molecule has 0 saturated heterocycles. The molecule has 0 aliphatic rings. The molecule has 0 heterocycles. The van der Waals surface area contributed by atoms with Gasteiger partial charge in [0.05, 0.1) is 12.7 Å². The highest BCUT2D eigenvalue weighted by atomic mass is 32.2. The van der Waals surface area contributed by atoms with E-state index in [9.17, 15) is 9.90 Å². The van der Waals surface area contributed by atoms with E-state index in [1.54, 1.807) is 11.8 Å². The Bertz CT molecular complexity index is 444. The minimum absolute atomic E-state index is 0.130. The molecule has 0 aliphatic carbocycles. The zero-order chi connectivity index (χ0) is 15.7. The Hall–Kier alpha value is -1.00. The topological polar surface area (TPSA) is 46.5 Å². The first-order chi connectivity index (χ1) is 10.1. The molecule has 0 spiro atoms. The van der Waals surface area contributed by atoms with Gasteiger partial charge in [0, 0.05) is 17.1 Å². The van der Waals surface area contributed by atoms with Crippen molar-refractivity contribution in [3.8, 4) is 0 Å². The molecule has 3 nitrogen and oxygen atoms in total. The summed E-state index contributed by atoms with van der Waals surface area (Å²) >= 11 is 1.77. The maximum Gasteiger partial charge on any atom is 0.306 e. The fourth-order valence-electron chi connectivity index (χ4n) is 2.08. The van der Waals surface area contributed by atoms with Crippen LogP contribution in [0, 0.1) is 0 Å². The lowest BCUT2D eigenvalue weighted by atomic mass is 10.0. The molecule has 21 heavy (non-hydrogen) atoms. The second-order valence-electron chi connectivity index (χ2n) is 5.08. The molecular weight excluding hydrogens is 284 g/mol. The number of rotatable bonds is 9. The summed E-state index contributed by atoms with van der Waals surface area (Å²) in [5, 5.41) is 9.28. The molecule has 0 aromatic heterocycles. The molecule has 0 saturated carbocycles. The standard InChI is InChI=1S/C17H26O3S/c1-4-14-12-16(21-11-10-13(3)18)8-6-15(14)7-9-17(19)20-5-2/h6,8,12-13,18H,4-5,7,9-11H2,1-3H3. The van der Waals surface area contributed by atoms with Gasteiger partial charge in [-0.3, -0.25) is 4.79 Å². The third kappa shape index (κ3) is 7.00. The van der Waals surface area contributed by atoms with Crippen LogP contribution in [0.3, 0.4) is 0 Å². The highest BCUT2D eigenvalue weighted by molar-refractivity contribution is 7.99. The van der Waals surface area contributed by atoms with E-state index in [-0.39, 0.29) is 12.1 Å². The van der Waals surface area contributed by atoms with Crippen LogP contribution in [0.5, 0.6) is 0 Å². The summed E-state index contributed by atoms with van der Waals surface area (Å²) in [5.41, 5.74) is 2.52. The van der Waals surface area contributed by atoms with Gasteiger partial charge in [-0.2, -0.15) is 0 Å². The number of aliphatic hydroxyl groups excluding tert-OH is 1. The van der Waals surface area contributed by atoms with Crippen molar-refractivity contribution in [1.82, 2.24) is 0 Å². The third-order valence-electron chi connectivity index (χ3n) is 3.27. The smallest absolute Gasteiger partial charge is 0.306 e. The second-order valence-corrected chi connectivity index (χ2v) is 6.24. The van der Waals surface area contributed by atoms with E-state index >= 15 is 0 Å². The number of aryl methyl sites for hydroxylation is 2. The fourth-order valence-corrected chi connectivity index (χ4v) is 3.17. The monoisotopic (exact) mass is 310 g/mol. The molecule has 0 bridgehead atoms. The third-order valence-corrected chi connectivity index (χ3v) is 4.29. The first-order valence-corrected chi connectivity index (χ1v) is 8.63. The van der Waals surface area contributed by atoms with Crippen molar-refractivity contribution in [2.24, 2.45) is 0 Å². The number of hydrogen-bond acceptors (Lipinski definition) is 4. The summed E-state index contributed by atoms with van der Waals surface area (Å²) in [6.07, 6.45) is 2.70. The summed E-state index contributed by atoms with van der Waals surface area (Å²) in [4.78, 5) is 12.7. The van der Waals surface area contributed by atoms with Gasteiger partial charge < -0.3 is 9.84 Å². The van der Waals surface area contributed by atoms with Crippen LogP contribution in [0.1, 0.15) is 44.7 Å². The van der Waals surface area contributed by atoms with E-state index in [4.69, 9.17) is 4.74 Å². The van der Waals surface area contributed by atoms with Crippen molar-refractivity contribution in [3.05, 3.63) is 29.3 Å². The summed E-state index contributed by atoms with van der Waals surface area (Å²) in [6.45, 7) is 6.22. The highest BCUT2D eigenvalue weighted by Crippen LogP contribution is 2.24. The van der Waals surface area contributed by atoms with Gasteiger partial charge in [0.15, 0.2) is 0 Å². The zero-order valence-corrected chi connectivity index (χ0v) is 14.0. The largest absolute Gasteiger partial charge is 0.466 e. The lowest BCUT2D eigenvalue weighted by Crippen LogP contribution is -2.06. The highest BCUT2D eigenvalue weighted by Gasteiger charge is 2.07. The minimum Gasteiger partial charge on any atom is -0.466 e. The molecule has 0 fully saturated rings. The Labute approximate surface area is 132 Å². The average molecular weight is 310 g/mol. The Morgan fingerprint density at radius 3 is 2.71 bits per heavy atom. The predicted octanol–water partition coefficient (Wildman–Crippen LogP) is 3.61. The lowest BCUT2D eigenvalue weighted by Gasteiger charge is -2.11. The van der Waals surface area contributed by atoms with Gasteiger partial charge in [0.25, 0.3) is 0 Å². The van der Waals surface area contributed by atoms with Crippen LogP contribution in [0.25, 0.3) is 0 Å². The Balaban J connectivity index is 2.59. The van der Waals surface area contributed by atoms with Crippen LogP contribution in [0.4, 0.5) is 0 Å². The summed E-state index contributed by atoms with van der Waals surface area (Å²) in [7, 11) is 0. The first-order valence-electron chi connectivity index (χ1n) is 7.65. The molecular formula is C17H26O3S. The van der Waals surface area contributed by atoms with Crippen LogP contribution in [-0.4, -0.2) is 29.5 Å². The van der Waals surface area contributed by atoms with Gasteiger partial charge in [-0.15, -0.1) is 11.8 Å². The Kier molecular flexibility index (Phi) is 8.47. The normalized spacial score (nSPS) is 12.2. The van der Waals surface area contributed by atoms with Gasteiger partial charge in [0.1, 0.15) is 0 Å². The van der Waals surface area contributed by atoms with Crippen molar-refractivity contribution < 1.29 is 14.6 Å². The first kappa shape index (κ1) is 18.1. The average Bonchev–Trinajstić information content (AvgIpc) is 2.45. The van der Waals surface area contributed by atoms with Crippen molar-refractivity contribution >= 4 is 17.7 Å². The molecule has 0 radical (unpaired) electrons. The Morgan fingerprint density at radius 2 is 2.10 bits per heavy atom. The number of thioether (sulfide) groups is 1. The predicted molar refractivity (Wildman–Crippen MR) is 87.8 cm³/mol. The molecule has 118 valence electrons. The Morgan fingerprint density at radius 1 is 1.33 bits per heavy atom. The van der Waals surface area contributed by atoms with Gasteiger partial charge in [-0.1, -0.05) is 13.0 Å². The number of benzene rings is 1. The number of hydrogen-bond donors (Lipinski definition) is 1. The molecule has 1 atom stereocenters.